The Labute approximate surface area is 128 Å². The van der Waals surface area contributed by atoms with E-state index >= 15 is 0 Å². The van der Waals surface area contributed by atoms with Crippen molar-refractivity contribution in [2.75, 3.05) is 5.32 Å². The second-order valence-corrected chi connectivity index (χ2v) is 5.19. The standard InChI is InChI=1S/C15H9ClF3NO2/c16-10-6-7-12-11(8-10)14(15(17,18)19,22-13(21)20-12)9-4-2-1-3-5-9/h1-8H,(H,20,21)/t14-/m0/s1. The number of nitrogens with one attached hydrogen (secondary N) is 1. The molecule has 0 unspecified atom stereocenters. The second-order valence-electron chi connectivity index (χ2n) is 4.75. The third-order valence-corrected chi connectivity index (χ3v) is 3.66. The zero-order valence-electron chi connectivity index (χ0n) is 10.9. The summed E-state index contributed by atoms with van der Waals surface area (Å²) < 4.78 is 46.5. The number of rotatable bonds is 1. The van der Waals surface area contributed by atoms with E-state index in [4.69, 9.17) is 16.3 Å². The number of hydrogen-bond acceptors (Lipinski definition) is 2. The molecule has 0 fully saturated rings. The smallest absolute Gasteiger partial charge is 0.423 e. The van der Waals surface area contributed by atoms with Crippen LogP contribution in [0.5, 0.6) is 0 Å². The lowest BCUT2D eigenvalue weighted by molar-refractivity contribution is -0.246. The normalized spacial score (nSPS) is 20.8. The van der Waals surface area contributed by atoms with Crippen molar-refractivity contribution in [1.82, 2.24) is 0 Å². The van der Waals surface area contributed by atoms with Crippen LogP contribution in [0.3, 0.4) is 0 Å². The number of alkyl halides is 3. The number of carbonyl (C=O) groups is 1. The van der Waals surface area contributed by atoms with Crippen molar-refractivity contribution in [3.05, 3.63) is 64.7 Å². The van der Waals surface area contributed by atoms with E-state index < -0.39 is 17.9 Å². The predicted octanol–water partition coefficient (Wildman–Crippen LogP) is 4.71. The fourth-order valence-corrected chi connectivity index (χ4v) is 2.68. The molecule has 1 heterocycles. The molecule has 1 atom stereocenters. The fourth-order valence-electron chi connectivity index (χ4n) is 2.51. The summed E-state index contributed by atoms with van der Waals surface area (Å²) in [4.78, 5) is 11.7. The summed E-state index contributed by atoms with van der Waals surface area (Å²) in [7, 11) is 0. The summed E-state index contributed by atoms with van der Waals surface area (Å²) in [5, 5.41) is 2.38. The molecule has 0 spiro atoms. The topological polar surface area (TPSA) is 38.3 Å². The van der Waals surface area contributed by atoms with Crippen molar-refractivity contribution in [3.63, 3.8) is 0 Å². The maximum absolute atomic E-state index is 13.9. The van der Waals surface area contributed by atoms with Gasteiger partial charge < -0.3 is 4.74 Å². The minimum Gasteiger partial charge on any atom is -0.423 e. The monoisotopic (exact) mass is 327 g/mol. The predicted molar refractivity (Wildman–Crippen MR) is 74.8 cm³/mol. The first-order valence-corrected chi connectivity index (χ1v) is 6.64. The van der Waals surface area contributed by atoms with Crippen LogP contribution in [0.1, 0.15) is 11.1 Å². The van der Waals surface area contributed by atoms with Gasteiger partial charge in [0.2, 0.25) is 0 Å². The summed E-state index contributed by atoms with van der Waals surface area (Å²) in [5.74, 6) is 0. The average molecular weight is 328 g/mol. The van der Waals surface area contributed by atoms with Crippen LogP contribution in [0.15, 0.2) is 48.5 Å². The van der Waals surface area contributed by atoms with Gasteiger partial charge in [0.05, 0.1) is 5.69 Å². The second kappa shape index (κ2) is 4.91. The Kier molecular flexibility index (Phi) is 3.29. The molecule has 0 saturated carbocycles. The molecule has 0 aliphatic carbocycles. The molecule has 1 N–H and O–H groups in total. The Morgan fingerprint density at radius 2 is 1.77 bits per heavy atom. The van der Waals surface area contributed by atoms with Gasteiger partial charge in [-0.3, -0.25) is 5.32 Å². The quantitative estimate of drug-likeness (QED) is 0.824. The Balaban J connectivity index is 2.37. The Hall–Kier alpha value is -2.21. The minimum atomic E-state index is -4.86. The van der Waals surface area contributed by atoms with Gasteiger partial charge in [-0.25, -0.2) is 4.79 Å². The highest BCUT2D eigenvalue weighted by Gasteiger charge is 2.63. The summed E-state index contributed by atoms with van der Waals surface area (Å²) in [5.41, 5.74) is -3.32. The molecule has 3 nitrogen and oxygen atoms in total. The molecule has 7 heteroatoms. The molecule has 1 amide bonds. The molecule has 0 aromatic heterocycles. The van der Waals surface area contributed by atoms with Crippen molar-refractivity contribution < 1.29 is 22.7 Å². The van der Waals surface area contributed by atoms with Gasteiger partial charge in [0.1, 0.15) is 0 Å². The van der Waals surface area contributed by atoms with E-state index in [1.54, 1.807) is 6.07 Å². The lowest BCUT2D eigenvalue weighted by Crippen LogP contribution is -2.51. The molecule has 1 aliphatic heterocycles. The van der Waals surface area contributed by atoms with E-state index in [0.717, 1.165) is 6.07 Å². The highest BCUT2D eigenvalue weighted by atomic mass is 35.5. The van der Waals surface area contributed by atoms with Crippen LogP contribution in [0, 0.1) is 0 Å². The summed E-state index contributed by atoms with van der Waals surface area (Å²) >= 11 is 5.84. The van der Waals surface area contributed by atoms with E-state index in [9.17, 15) is 18.0 Å². The van der Waals surface area contributed by atoms with Gasteiger partial charge in [-0.15, -0.1) is 0 Å². The van der Waals surface area contributed by atoms with Gasteiger partial charge >= 0.3 is 12.3 Å². The van der Waals surface area contributed by atoms with Crippen LogP contribution >= 0.6 is 11.6 Å². The van der Waals surface area contributed by atoms with E-state index in [-0.39, 0.29) is 21.8 Å². The molecule has 0 saturated heterocycles. The number of cyclic esters (lactones) is 1. The number of halogens is 4. The molecule has 0 bridgehead atoms. The minimum absolute atomic E-state index is 0.0156. The fraction of sp³-hybridized carbons (Fsp3) is 0.133. The van der Waals surface area contributed by atoms with Crippen LogP contribution in [0.4, 0.5) is 23.7 Å². The molecule has 3 rings (SSSR count). The molecule has 22 heavy (non-hydrogen) atoms. The largest absolute Gasteiger partial charge is 0.437 e. The van der Waals surface area contributed by atoms with Crippen molar-refractivity contribution in [3.8, 4) is 0 Å². The van der Waals surface area contributed by atoms with Crippen LogP contribution < -0.4 is 5.32 Å². The first-order chi connectivity index (χ1) is 10.3. The maximum Gasteiger partial charge on any atom is 0.437 e. The summed E-state index contributed by atoms with van der Waals surface area (Å²) in [6, 6.07) is 10.9. The maximum atomic E-state index is 13.9. The number of anilines is 1. The highest BCUT2D eigenvalue weighted by molar-refractivity contribution is 6.30. The number of benzene rings is 2. The number of amides is 1. The SMILES string of the molecule is O=C1Nc2ccc(Cl)cc2[C@@](c2ccccc2)(C(F)(F)F)O1. The van der Waals surface area contributed by atoms with Crippen LogP contribution in [0.25, 0.3) is 0 Å². The number of carbonyl (C=O) groups excluding carboxylic acids is 1. The first kappa shape index (κ1) is 14.7. The van der Waals surface area contributed by atoms with E-state index in [1.165, 1.54) is 36.4 Å². The van der Waals surface area contributed by atoms with Crippen LogP contribution in [-0.2, 0) is 10.3 Å². The van der Waals surface area contributed by atoms with Crippen molar-refractivity contribution in [2.24, 2.45) is 0 Å². The Morgan fingerprint density at radius 3 is 2.41 bits per heavy atom. The van der Waals surface area contributed by atoms with Crippen LogP contribution in [0.2, 0.25) is 5.02 Å². The Bertz CT molecular complexity index is 733. The number of ether oxygens (including phenoxy) is 1. The van der Waals surface area contributed by atoms with Crippen molar-refractivity contribution in [2.45, 2.75) is 11.8 Å². The van der Waals surface area contributed by atoms with E-state index in [2.05, 4.69) is 5.32 Å². The average Bonchev–Trinajstić information content (AvgIpc) is 2.46. The third kappa shape index (κ3) is 2.11. The summed E-state index contributed by atoms with van der Waals surface area (Å²) in [6.45, 7) is 0. The molecule has 1 aliphatic rings. The van der Waals surface area contributed by atoms with Crippen molar-refractivity contribution >= 4 is 23.4 Å². The number of fused-ring (bicyclic) bond motifs is 1. The molecule has 2 aromatic carbocycles. The lowest BCUT2D eigenvalue weighted by atomic mass is 9.83. The molecular weight excluding hydrogens is 319 g/mol. The molecular formula is C15H9ClF3NO2. The van der Waals surface area contributed by atoms with Crippen LogP contribution in [-0.4, -0.2) is 12.3 Å². The Morgan fingerprint density at radius 1 is 1.09 bits per heavy atom. The van der Waals surface area contributed by atoms with Gasteiger partial charge in [0.25, 0.3) is 5.60 Å². The van der Waals surface area contributed by atoms with Gasteiger partial charge in [-0.1, -0.05) is 41.9 Å². The van der Waals surface area contributed by atoms with Gasteiger partial charge in [0.15, 0.2) is 0 Å². The first-order valence-electron chi connectivity index (χ1n) is 6.27. The third-order valence-electron chi connectivity index (χ3n) is 3.42. The van der Waals surface area contributed by atoms with E-state index in [1.807, 2.05) is 0 Å². The van der Waals surface area contributed by atoms with Crippen molar-refractivity contribution in [1.29, 1.82) is 0 Å². The lowest BCUT2D eigenvalue weighted by Gasteiger charge is -2.39. The summed E-state index contributed by atoms with van der Waals surface area (Å²) in [6.07, 6.45) is -6.03. The van der Waals surface area contributed by atoms with Gasteiger partial charge in [-0.2, -0.15) is 13.2 Å². The van der Waals surface area contributed by atoms with Gasteiger partial charge in [-0.05, 0) is 18.2 Å². The molecule has 0 radical (unpaired) electrons. The molecule has 114 valence electrons. The number of hydrogen-bond donors (Lipinski definition) is 1. The van der Waals surface area contributed by atoms with E-state index in [0.29, 0.717) is 0 Å². The van der Waals surface area contributed by atoms with Gasteiger partial charge in [0, 0.05) is 16.1 Å². The molecule has 2 aromatic rings. The zero-order valence-corrected chi connectivity index (χ0v) is 11.7. The highest BCUT2D eigenvalue weighted by Crippen LogP contribution is 2.52. The zero-order chi connectivity index (χ0) is 16.0.